The highest BCUT2D eigenvalue weighted by molar-refractivity contribution is 6.36. The van der Waals surface area contributed by atoms with E-state index in [9.17, 15) is 9.59 Å². The summed E-state index contributed by atoms with van der Waals surface area (Å²) in [6.45, 7) is 3.90. The van der Waals surface area contributed by atoms with Gasteiger partial charge in [0.2, 0.25) is 5.91 Å². The summed E-state index contributed by atoms with van der Waals surface area (Å²) in [7, 11) is 0. The standard InChI is InChI=1S/C25H29Cl2N3O2/c26-20-6-7-22(23(27)16-20)25(32)30-14-10-21(11-15-30)29-12-8-19(9-13-29)24(31)28-17-18-4-2-1-3-5-18/h1-7,16,19,21H,8-15,17H2,(H,28,31). The Morgan fingerprint density at radius 2 is 1.59 bits per heavy atom. The van der Waals surface area contributed by atoms with Crippen LogP contribution in [0.15, 0.2) is 48.5 Å². The molecule has 4 rings (SSSR count). The first-order chi connectivity index (χ1) is 15.5. The summed E-state index contributed by atoms with van der Waals surface area (Å²) in [4.78, 5) is 29.8. The zero-order valence-corrected chi connectivity index (χ0v) is 19.6. The molecule has 32 heavy (non-hydrogen) atoms. The molecule has 2 aliphatic heterocycles. The molecule has 0 saturated carbocycles. The van der Waals surface area contributed by atoms with Gasteiger partial charge in [-0.2, -0.15) is 0 Å². The summed E-state index contributed by atoms with van der Waals surface area (Å²) in [6.07, 6.45) is 3.67. The van der Waals surface area contributed by atoms with Crippen LogP contribution in [-0.4, -0.2) is 53.8 Å². The summed E-state index contributed by atoms with van der Waals surface area (Å²) >= 11 is 12.2. The normalized spacial score (nSPS) is 18.5. The van der Waals surface area contributed by atoms with Crippen LogP contribution in [0, 0.1) is 5.92 Å². The topological polar surface area (TPSA) is 52.7 Å². The van der Waals surface area contributed by atoms with Gasteiger partial charge in [-0.1, -0.05) is 53.5 Å². The van der Waals surface area contributed by atoms with Crippen LogP contribution in [-0.2, 0) is 11.3 Å². The number of hydrogen-bond acceptors (Lipinski definition) is 3. The Morgan fingerprint density at radius 1 is 0.906 bits per heavy atom. The van der Waals surface area contributed by atoms with E-state index < -0.39 is 0 Å². The van der Waals surface area contributed by atoms with E-state index in [0.717, 1.165) is 57.4 Å². The van der Waals surface area contributed by atoms with Crippen molar-refractivity contribution in [3.63, 3.8) is 0 Å². The first-order valence-corrected chi connectivity index (χ1v) is 12.1. The van der Waals surface area contributed by atoms with Crippen LogP contribution in [0.2, 0.25) is 10.0 Å². The monoisotopic (exact) mass is 473 g/mol. The maximum atomic E-state index is 12.8. The number of benzene rings is 2. The number of nitrogens with one attached hydrogen (secondary N) is 1. The summed E-state index contributed by atoms with van der Waals surface area (Å²) in [6, 6.07) is 15.5. The Hall–Kier alpha value is -2.08. The number of rotatable bonds is 5. The minimum Gasteiger partial charge on any atom is -0.352 e. The third kappa shape index (κ3) is 5.64. The minimum absolute atomic E-state index is 0.0288. The van der Waals surface area contributed by atoms with Gasteiger partial charge < -0.3 is 15.1 Å². The zero-order valence-electron chi connectivity index (χ0n) is 18.1. The Kier molecular flexibility index (Phi) is 7.71. The van der Waals surface area contributed by atoms with Crippen LogP contribution in [0.1, 0.15) is 41.6 Å². The lowest BCUT2D eigenvalue weighted by Gasteiger charge is -2.41. The van der Waals surface area contributed by atoms with Crippen molar-refractivity contribution in [3.8, 4) is 0 Å². The van der Waals surface area contributed by atoms with E-state index >= 15 is 0 Å². The molecule has 2 fully saturated rings. The highest BCUT2D eigenvalue weighted by Crippen LogP contribution is 2.27. The Morgan fingerprint density at radius 3 is 2.25 bits per heavy atom. The van der Waals surface area contributed by atoms with E-state index in [1.165, 1.54) is 0 Å². The molecule has 2 aliphatic rings. The molecule has 0 atom stereocenters. The lowest BCUT2D eigenvalue weighted by atomic mass is 9.92. The molecule has 5 nitrogen and oxygen atoms in total. The fraction of sp³-hybridized carbons (Fsp3) is 0.440. The van der Waals surface area contributed by atoms with Gasteiger partial charge in [-0.25, -0.2) is 0 Å². The Labute approximate surface area is 199 Å². The summed E-state index contributed by atoms with van der Waals surface area (Å²) in [5.41, 5.74) is 1.64. The number of halogens is 2. The third-order valence-corrected chi connectivity index (χ3v) is 7.19. The number of amides is 2. The second-order valence-electron chi connectivity index (χ2n) is 8.66. The predicted molar refractivity (Wildman–Crippen MR) is 128 cm³/mol. The van der Waals surface area contributed by atoms with Crippen LogP contribution >= 0.6 is 23.2 Å². The third-order valence-electron chi connectivity index (χ3n) is 6.64. The molecule has 0 radical (unpaired) electrons. The SMILES string of the molecule is O=C(NCc1ccccc1)C1CCN(C2CCN(C(=O)c3ccc(Cl)cc3Cl)CC2)CC1. The molecule has 0 unspecified atom stereocenters. The lowest BCUT2D eigenvalue weighted by molar-refractivity contribution is -0.126. The molecular formula is C25H29Cl2N3O2. The summed E-state index contributed by atoms with van der Waals surface area (Å²) < 4.78 is 0. The Bertz CT molecular complexity index is 937. The molecule has 2 heterocycles. The van der Waals surface area contributed by atoms with Gasteiger partial charge in [0, 0.05) is 36.6 Å². The van der Waals surface area contributed by atoms with Crippen molar-refractivity contribution in [2.75, 3.05) is 26.2 Å². The molecule has 0 aromatic heterocycles. The van der Waals surface area contributed by atoms with E-state index in [1.54, 1.807) is 18.2 Å². The average molecular weight is 474 g/mol. The van der Waals surface area contributed by atoms with Gasteiger partial charge in [0.05, 0.1) is 10.6 Å². The van der Waals surface area contributed by atoms with Crippen LogP contribution in [0.4, 0.5) is 0 Å². The maximum Gasteiger partial charge on any atom is 0.255 e. The molecule has 0 aliphatic carbocycles. The van der Waals surface area contributed by atoms with Crippen LogP contribution in [0.3, 0.4) is 0 Å². The van der Waals surface area contributed by atoms with Crippen molar-refractivity contribution in [2.24, 2.45) is 5.92 Å². The predicted octanol–water partition coefficient (Wildman–Crippen LogP) is 4.63. The van der Waals surface area contributed by atoms with Crippen LogP contribution < -0.4 is 5.32 Å². The van der Waals surface area contributed by atoms with Crippen molar-refractivity contribution in [1.29, 1.82) is 0 Å². The number of piperidine rings is 2. The molecule has 2 amide bonds. The lowest BCUT2D eigenvalue weighted by Crippen LogP contribution is -2.50. The van der Waals surface area contributed by atoms with Gasteiger partial charge in [-0.15, -0.1) is 0 Å². The molecule has 2 saturated heterocycles. The average Bonchev–Trinajstić information content (AvgIpc) is 2.83. The molecule has 0 bridgehead atoms. The van der Waals surface area contributed by atoms with Gasteiger partial charge in [-0.3, -0.25) is 9.59 Å². The van der Waals surface area contributed by atoms with E-state index in [0.29, 0.717) is 28.2 Å². The summed E-state index contributed by atoms with van der Waals surface area (Å²) in [5.74, 6) is 0.219. The first-order valence-electron chi connectivity index (χ1n) is 11.3. The molecule has 2 aromatic carbocycles. The van der Waals surface area contributed by atoms with E-state index in [-0.39, 0.29) is 17.7 Å². The van der Waals surface area contributed by atoms with Gasteiger partial charge in [0.15, 0.2) is 0 Å². The number of carbonyl (C=O) groups excluding carboxylic acids is 2. The fourth-order valence-corrected chi connectivity index (χ4v) is 5.21. The molecule has 0 spiro atoms. The first kappa shape index (κ1) is 23.1. The molecule has 7 heteroatoms. The van der Waals surface area contributed by atoms with Gasteiger partial charge in [-0.05, 0) is 62.5 Å². The van der Waals surface area contributed by atoms with Crippen molar-refractivity contribution >= 4 is 35.0 Å². The van der Waals surface area contributed by atoms with E-state index in [2.05, 4.69) is 10.2 Å². The second kappa shape index (κ2) is 10.7. The quantitative estimate of drug-likeness (QED) is 0.688. The number of hydrogen-bond donors (Lipinski definition) is 1. The maximum absolute atomic E-state index is 12.8. The van der Waals surface area contributed by atoms with Crippen molar-refractivity contribution in [2.45, 2.75) is 38.3 Å². The van der Waals surface area contributed by atoms with Crippen molar-refractivity contribution in [1.82, 2.24) is 15.1 Å². The fourth-order valence-electron chi connectivity index (χ4n) is 4.72. The smallest absolute Gasteiger partial charge is 0.255 e. The minimum atomic E-state index is -0.0288. The molecule has 170 valence electrons. The van der Waals surface area contributed by atoms with Crippen molar-refractivity contribution in [3.05, 3.63) is 69.7 Å². The Balaban J connectivity index is 1.21. The molecular weight excluding hydrogens is 445 g/mol. The number of carbonyl (C=O) groups is 2. The molecule has 1 N–H and O–H groups in total. The van der Waals surface area contributed by atoms with E-state index in [1.807, 2.05) is 35.2 Å². The zero-order chi connectivity index (χ0) is 22.5. The highest BCUT2D eigenvalue weighted by atomic mass is 35.5. The van der Waals surface area contributed by atoms with Crippen LogP contribution in [0.25, 0.3) is 0 Å². The van der Waals surface area contributed by atoms with Gasteiger partial charge in [0.25, 0.3) is 5.91 Å². The van der Waals surface area contributed by atoms with Crippen LogP contribution in [0.5, 0.6) is 0 Å². The second-order valence-corrected chi connectivity index (χ2v) is 9.50. The number of likely N-dealkylation sites (tertiary alicyclic amines) is 2. The van der Waals surface area contributed by atoms with Gasteiger partial charge >= 0.3 is 0 Å². The largest absolute Gasteiger partial charge is 0.352 e. The summed E-state index contributed by atoms with van der Waals surface area (Å²) in [5, 5.41) is 4.01. The number of nitrogens with zero attached hydrogens (tertiary/aromatic N) is 2. The van der Waals surface area contributed by atoms with E-state index in [4.69, 9.17) is 23.2 Å². The van der Waals surface area contributed by atoms with Crippen molar-refractivity contribution < 1.29 is 9.59 Å². The highest BCUT2D eigenvalue weighted by Gasteiger charge is 2.32. The molecule has 2 aromatic rings. The van der Waals surface area contributed by atoms with Gasteiger partial charge in [0.1, 0.15) is 0 Å².